The first-order chi connectivity index (χ1) is 15.8. The molecule has 0 fully saturated rings. The summed E-state index contributed by atoms with van der Waals surface area (Å²) < 4.78 is 23.5. The topological polar surface area (TPSA) is 94.0 Å². The molecule has 5 N–H and O–H groups in total. The van der Waals surface area contributed by atoms with Crippen LogP contribution in [0, 0.1) is 0 Å². The van der Waals surface area contributed by atoms with Gasteiger partial charge in [-0.15, -0.1) is 11.6 Å². The highest BCUT2D eigenvalue weighted by molar-refractivity contribution is 7.94. The van der Waals surface area contributed by atoms with Crippen molar-refractivity contribution in [3.63, 3.8) is 0 Å². The van der Waals surface area contributed by atoms with E-state index in [9.17, 15) is 8.99 Å². The summed E-state index contributed by atoms with van der Waals surface area (Å²) in [6.45, 7) is 5.54. The van der Waals surface area contributed by atoms with Gasteiger partial charge in [0.05, 0.1) is 30.4 Å². The van der Waals surface area contributed by atoms with Crippen LogP contribution in [0.5, 0.6) is 11.5 Å². The van der Waals surface area contributed by atoms with Gasteiger partial charge in [0.1, 0.15) is 24.2 Å². The molecule has 2 aromatic carbocycles. The highest BCUT2D eigenvalue weighted by Gasteiger charge is 2.23. The van der Waals surface area contributed by atoms with E-state index in [2.05, 4.69) is 26.0 Å². The molecule has 0 saturated heterocycles. The Morgan fingerprint density at radius 2 is 1.67 bits per heavy atom. The number of aliphatic hydroxyl groups excluding tert-OH is 1. The van der Waals surface area contributed by atoms with Crippen molar-refractivity contribution >= 4 is 23.7 Å². The minimum atomic E-state index is -0.681. The number of aliphatic hydroxyl groups is 1. The molecule has 0 spiro atoms. The van der Waals surface area contributed by atoms with Crippen LogP contribution in [0.1, 0.15) is 31.4 Å². The molecule has 182 valence electrons. The molecule has 6 nitrogen and oxygen atoms in total. The Balaban J connectivity index is 1.87. The fourth-order valence-electron chi connectivity index (χ4n) is 3.15. The van der Waals surface area contributed by atoms with Crippen LogP contribution in [-0.2, 0) is 5.41 Å². The molecule has 0 radical (unpaired) electrons. The number of nitrogens with two attached hydrogens (primary N) is 2. The summed E-state index contributed by atoms with van der Waals surface area (Å²) >= 11 is 5.76. The lowest BCUT2D eigenvalue weighted by molar-refractivity contribution is 0.125. The van der Waals surface area contributed by atoms with E-state index in [0.717, 1.165) is 16.9 Å². The molecule has 9 heteroatoms. The molecule has 0 aromatic heterocycles. The Kier molecular flexibility index (Phi) is 11.1. The SMILES string of the molecule is CC(C)(c1ccc(OCCCN(N)/C=C(\N)CSF)cc1)c1ccc(OCC(O)CCl)cc1. The van der Waals surface area contributed by atoms with Crippen LogP contribution in [0.25, 0.3) is 0 Å². The zero-order valence-corrected chi connectivity index (χ0v) is 20.6. The van der Waals surface area contributed by atoms with Gasteiger partial charge in [-0.2, -0.15) is 3.89 Å². The second-order valence-electron chi connectivity index (χ2n) is 8.19. The first-order valence-corrected chi connectivity index (χ1v) is 12.1. The summed E-state index contributed by atoms with van der Waals surface area (Å²) in [7, 11) is 0. The van der Waals surface area contributed by atoms with Gasteiger partial charge in [0.25, 0.3) is 0 Å². The molecule has 0 bridgehead atoms. The zero-order valence-electron chi connectivity index (χ0n) is 19.0. The Morgan fingerprint density at radius 3 is 2.18 bits per heavy atom. The number of rotatable bonds is 14. The van der Waals surface area contributed by atoms with Gasteiger partial charge < -0.3 is 25.3 Å². The summed E-state index contributed by atoms with van der Waals surface area (Å²) in [6.07, 6.45) is 1.55. The summed E-state index contributed by atoms with van der Waals surface area (Å²) in [5.74, 6) is 7.54. The van der Waals surface area contributed by atoms with E-state index in [1.807, 2.05) is 36.4 Å². The second kappa shape index (κ2) is 13.5. The molecule has 0 amide bonds. The van der Waals surface area contributed by atoms with Crippen LogP contribution in [0.4, 0.5) is 3.89 Å². The number of halogens is 2. The molecule has 0 aliphatic rings. The van der Waals surface area contributed by atoms with Crippen LogP contribution >= 0.6 is 23.7 Å². The van der Waals surface area contributed by atoms with Gasteiger partial charge in [0.2, 0.25) is 0 Å². The van der Waals surface area contributed by atoms with Crippen molar-refractivity contribution < 1.29 is 18.5 Å². The van der Waals surface area contributed by atoms with Crippen LogP contribution in [0.2, 0.25) is 0 Å². The Hall–Kier alpha value is -2.13. The third-order valence-electron chi connectivity index (χ3n) is 5.15. The standard InChI is InChI=1S/C24H33ClFN3O3S/c1-24(2,19-6-10-23(11-7-19)32-16-21(30)14-25)18-4-8-22(9-5-18)31-13-3-12-29(28)15-20(27)17-33-26/h4-11,15,21,30H,3,12-14,16-17,27-28H2,1-2H3/b20-15-. The maximum absolute atomic E-state index is 12.2. The fraction of sp³-hybridized carbons (Fsp3) is 0.417. The molecule has 0 aliphatic heterocycles. The number of hydrogen-bond donors (Lipinski definition) is 3. The van der Waals surface area contributed by atoms with Crippen LogP contribution < -0.4 is 21.1 Å². The summed E-state index contributed by atoms with van der Waals surface area (Å²) in [4.78, 5) is 0. The maximum Gasteiger partial charge on any atom is 0.119 e. The van der Waals surface area contributed by atoms with E-state index in [4.69, 9.17) is 32.7 Å². The van der Waals surface area contributed by atoms with E-state index in [1.165, 1.54) is 11.2 Å². The van der Waals surface area contributed by atoms with Crippen molar-refractivity contribution in [2.24, 2.45) is 11.6 Å². The lowest BCUT2D eigenvalue weighted by Crippen LogP contribution is -2.28. The lowest BCUT2D eigenvalue weighted by Gasteiger charge is -2.26. The van der Waals surface area contributed by atoms with Gasteiger partial charge >= 0.3 is 0 Å². The summed E-state index contributed by atoms with van der Waals surface area (Å²) in [5.41, 5.74) is 8.11. The Morgan fingerprint density at radius 1 is 1.12 bits per heavy atom. The van der Waals surface area contributed by atoms with Gasteiger partial charge in [-0.25, -0.2) is 5.84 Å². The largest absolute Gasteiger partial charge is 0.494 e. The van der Waals surface area contributed by atoms with Crippen molar-refractivity contribution in [1.82, 2.24) is 5.01 Å². The maximum atomic E-state index is 12.2. The lowest BCUT2D eigenvalue weighted by atomic mass is 9.78. The van der Waals surface area contributed by atoms with E-state index < -0.39 is 6.10 Å². The number of benzene rings is 2. The number of nitrogens with zero attached hydrogens (tertiary/aromatic N) is 1. The number of alkyl halides is 1. The molecule has 0 heterocycles. The highest BCUT2D eigenvalue weighted by Crippen LogP contribution is 2.33. The third-order valence-corrected chi connectivity index (χ3v) is 5.95. The first kappa shape index (κ1) is 27.1. The predicted octanol–water partition coefficient (Wildman–Crippen LogP) is 4.35. The van der Waals surface area contributed by atoms with Crippen molar-refractivity contribution in [2.75, 3.05) is 31.4 Å². The van der Waals surface area contributed by atoms with E-state index >= 15 is 0 Å². The van der Waals surface area contributed by atoms with Crippen LogP contribution in [0.15, 0.2) is 60.4 Å². The van der Waals surface area contributed by atoms with Gasteiger partial charge in [-0.3, -0.25) is 0 Å². The summed E-state index contributed by atoms with van der Waals surface area (Å²) in [5, 5.41) is 11.0. The van der Waals surface area contributed by atoms with Crippen molar-refractivity contribution in [3.05, 3.63) is 71.6 Å². The minimum Gasteiger partial charge on any atom is -0.494 e. The number of ether oxygens (including phenoxy) is 2. The Labute approximate surface area is 204 Å². The Bertz CT molecular complexity index is 866. The average Bonchev–Trinajstić information content (AvgIpc) is 2.81. The van der Waals surface area contributed by atoms with Gasteiger partial charge in [-0.05, 0) is 35.4 Å². The van der Waals surface area contributed by atoms with Gasteiger partial charge in [0, 0.05) is 30.3 Å². The zero-order chi connectivity index (χ0) is 24.3. The van der Waals surface area contributed by atoms with Gasteiger partial charge in [-0.1, -0.05) is 38.1 Å². The monoisotopic (exact) mass is 497 g/mol. The molecular weight excluding hydrogens is 465 g/mol. The highest BCUT2D eigenvalue weighted by atomic mass is 35.5. The molecule has 33 heavy (non-hydrogen) atoms. The smallest absolute Gasteiger partial charge is 0.119 e. The molecule has 0 saturated carbocycles. The minimum absolute atomic E-state index is 0.101. The second-order valence-corrected chi connectivity index (χ2v) is 9.01. The van der Waals surface area contributed by atoms with Crippen LogP contribution in [0.3, 0.4) is 0 Å². The molecule has 0 aliphatic carbocycles. The quantitative estimate of drug-likeness (QED) is 0.154. The number of hydrazine groups is 1. The van der Waals surface area contributed by atoms with Crippen molar-refractivity contribution in [3.8, 4) is 11.5 Å². The molecule has 1 unspecified atom stereocenters. The first-order valence-electron chi connectivity index (χ1n) is 10.7. The fourth-order valence-corrected chi connectivity index (χ4v) is 3.44. The van der Waals surface area contributed by atoms with Gasteiger partial charge in [0.15, 0.2) is 0 Å². The molecule has 1 atom stereocenters. The van der Waals surface area contributed by atoms with Crippen molar-refractivity contribution in [1.29, 1.82) is 0 Å². The third kappa shape index (κ3) is 8.97. The molecular formula is C24H33ClFN3O3S. The van der Waals surface area contributed by atoms with E-state index in [0.29, 0.717) is 31.0 Å². The summed E-state index contributed by atoms with van der Waals surface area (Å²) in [6, 6.07) is 15.9. The van der Waals surface area contributed by atoms with Crippen molar-refractivity contribution in [2.45, 2.75) is 31.8 Å². The predicted molar refractivity (Wildman–Crippen MR) is 134 cm³/mol. The van der Waals surface area contributed by atoms with E-state index in [-0.39, 0.29) is 35.8 Å². The normalized spacial score (nSPS) is 13.0. The average molecular weight is 498 g/mol. The molecule has 2 rings (SSSR count). The molecule has 2 aromatic rings. The number of hydrogen-bond acceptors (Lipinski definition) is 7. The van der Waals surface area contributed by atoms with E-state index in [1.54, 1.807) is 0 Å². The van der Waals surface area contributed by atoms with Crippen LogP contribution in [-0.4, -0.2) is 47.6 Å².